The molecule has 1 amide bonds. The van der Waals surface area contributed by atoms with Gasteiger partial charge in [-0.15, -0.1) is 10.2 Å². The number of fused-ring (bicyclic) bond motifs is 1. The van der Waals surface area contributed by atoms with E-state index in [0.717, 1.165) is 6.07 Å². The summed E-state index contributed by atoms with van der Waals surface area (Å²) in [6.45, 7) is 1.56. The van der Waals surface area contributed by atoms with E-state index in [-0.39, 0.29) is 22.0 Å². The number of ether oxygens (including phenoxy) is 1. The Labute approximate surface area is 222 Å². The Hall–Kier alpha value is -3.70. The fraction of sp³-hybridized carbons (Fsp3) is 0.0800. The molecule has 4 rings (SSSR count). The van der Waals surface area contributed by atoms with E-state index in [4.69, 9.17) is 27.9 Å². The van der Waals surface area contributed by atoms with E-state index in [0.29, 0.717) is 32.8 Å². The molecule has 4 aromatic rings. The minimum Gasteiger partial charge on any atom is -0.505 e. The smallest absolute Gasteiger partial charge is 0.296 e. The van der Waals surface area contributed by atoms with Crippen LogP contribution in [0.3, 0.4) is 0 Å². The number of hydrogen-bond donors (Lipinski definition) is 3. The summed E-state index contributed by atoms with van der Waals surface area (Å²) in [5.74, 6) is -0.855. The average molecular weight is 560 g/mol. The first-order valence-electron chi connectivity index (χ1n) is 10.6. The van der Waals surface area contributed by atoms with Crippen LogP contribution in [0.5, 0.6) is 11.5 Å². The van der Waals surface area contributed by atoms with E-state index < -0.39 is 26.7 Å². The number of carbonyl (C=O) groups excluding carboxylic acids is 1. The number of phenols is 1. The molecule has 0 heterocycles. The fourth-order valence-electron chi connectivity index (χ4n) is 3.58. The third-order valence-electron chi connectivity index (χ3n) is 5.43. The maximum Gasteiger partial charge on any atom is 0.296 e. The number of hydrogen-bond acceptors (Lipinski definition) is 7. The number of nitrogens with one attached hydrogen (secondary N) is 1. The minimum atomic E-state index is -4.66. The van der Waals surface area contributed by atoms with Gasteiger partial charge in [-0.3, -0.25) is 9.35 Å². The number of phenolic OH excluding ortho intramolecular Hbond substituents is 1. The third-order valence-corrected chi connectivity index (χ3v) is 6.95. The van der Waals surface area contributed by atoms with Gasteiger partial charge in [-0.1, -0.05) is 47.5 Å². The first-order valence-corrected chi connectivity index (χ1v) is 12.8. The molecule has 0 fully saturated rings. The Bertz CT molecular complexity index is 1690. The number of rotatable bonds is 6. The van der Waals surface area contributed by atoms with E-state index in [1.165, 1.54) is 25.3 Å². The van der Waals surface area contributed by atoms with Gasteiger partial charge in [-0.05, 0) is 48.2 Å². The third kappa shape index (κ3) is 5.52. The highest BCUT2D eigenvalue weighted by molar-refractivity contribution is 7.86. The molecule has 0 unspecified atom stereocenters. The standard InChI is InChI=1S/C25H19Cl2N3O6S/c1-13-9-22(37(33,34)35)20(12-18(13)27)29-30-23-16-6-4-3-5-14(16)10-17(24(23)31)25(32)28-19-8-7-15(26)11-21(19)36-2/h3-12,31H,1-2H3,(H,28,32)(H,33,34,35). The summed E-state index contributed by atoms with van der Waals surface area (Å²) in [5, 5.41) is 23.3. The number of anilines is 1. The van der Waals surface area contributed by atoms with Crippen LogP contribution < -0.4 is 10.1 Å². The molecule has 0 saturated carbocycles. The second-order valence-corrected chi connectivity index (χ2v) is 10.1. The monoisotopic (exact) mass is 559 g/mol. The Kier molecular flexibility index (Phi) is 7.37. The van der Waals surface area contributed by atoms with Crippen LogP contribution in [0, 0.1) is 6.92 Å². The van der Waals surface area contributed by atoms with Crippen LogP contribution in [0.4, 0.5) is 17.1 Å². The lowest BCUT2D eigenvalue weighted by atomic mass is 10.0. The number of halogens is 2. The van der Waals surface area contributed by atoms with Gasteiger partial charge in [0.25, 0.3) is 16.0 Å². The van der Waals surface area contributed by atoms with Crippen LogP contribution in [-0.2, 0) is 10.1 Å². The topological polar surface area (TPSA) is 138 Å². The van der Waals surface area contributed by atoms with Gasteiger partial charge in [0, 0.05) is 21.5 Å². The second-order valence-electron chi connectivity index (χ2n) is 7.89. The van der Waals surface area contributed by atoms with Gasteiger partial charge in [0.05, 0.1) is 18.4 Å². The van der Waals surface area contributed by atoms with Crippen molar-refractivity contribution in [3.8, 4) is 11.5 Å². The van der Waals surface area contributed by atoms with Gasteiger partial charge in [0.2, 0.25) is 0 Å². The zero-order valence-electron chi connectivity index (χ0n) is 19.4. The lowest BCUT2D eigenvalue weighted by Crippen LogP contribution is -2.13. The summed E-state index contributed by atoms with van der Waals surface area (Å²) < 4.78 is 38.7. The Balaban J connectivity index is 1.84. The van der Waals surface area contributed by atoms with Crippen LogP contribution in [-0.4, -0.2) is 31.1 Å². The van der Waals surface area contributed by atoms with E-state index in [9.17, 15) is 22.9 Å². The van der Waals surface area contributed by atoms with Gasteiger partial charge in [0.1, 0.15) is 22.0 Å². The molecular formula is C25H19Cl2N3O6S. The molecule has 0 atom stereocenters. The van der Waals surface area contributed by atoms with E-state index >= 15 is 0 Å². The first-order chi connectivity index (χ1) is 17.5. The number of aryl methyl sites for hydroxylation is 1. The van der Waals surface area contributed by atoms with Gasteiger partial charge in [-0.25, -0.2) is 0 Å². The molecule has 0 aliphatic heterocycles. The van der Waals surface area contributed by atoms with E-state index in [1.807, 2.05) is 0 Å². The van der Waals surface area contributed by atoms with E-state index in [1.54, 1.807) is 43.3 Å². The van der Waals surface area contributed by atoms with Gasteiger partial charge >= 0.3 is 0 Å². The molecule has 0 aliphatic rings. The summed E-state index contributed by atoms with van der Waals surface area (Å²) >= 11 is 12.1. The summed E-state index contributed by atoms with van der Waals surface area (Å²) in [6.07, 6.45) is 0. The Morgan fingerprint density at radius 2 is 1.76 bits per heavy atom. The second kappa shape index (κ2) is 10.3. The van der Waals surface area contributed by atoms with Crippen molar-refractivity contribution >= 4 is 67.1 Å². The van der Waals surface area contributed by atoms with Crippen molar-refractivity contribution in [1.82, 2.24) is 0 Å². The molecule has 3 N–H and O–H groups in total. The van der Waals surface area contributed by atoms with Crippen LogP contribution in [0.15, 0.2) is 75.8 Å². The van der Waals surface area contributed by atoms with E-state index in [2.05, 4.69) is 15.5 Å². The summed E-state index contributed by atoms with van der Waals surface area (Å²) in [6, 6.07) is 15.3. The highest BCUT2D eigenvalue weighted by Gasteiger charge is 2.21. The van der Waals surface area contributed by atoms with Gasteiger partial charge in [0.15, 0.2) is 5.75 Å². The van der Waals surface area contributed by atoms with Crippen LogP contribution in [0.25, 0.3) is 10.8 Å². The van der Waals surface area contributed by atoms with Crippen molar-refractivity contribution in [1.29, 1.82) is 0 Å². The lowest BCUT2D eigenvalue weighted by molar-refractivity contribution is 0.102. The molecule has 4 aromatic carbocycles. The SMILES string of the molecule is COc1cc(Cl)ccc1NC(=O)c1cc2ccccc2c(N=Nc2cc(Cl)c(C)cc2S(=O)(=O)O)c1O. The van der Waals surface area contributed by atoms with Crippen LogP contribution in [0.1, 0.15) is 15.9 Å². The van der Waals surface area contributed by atoms with Crippen molar-refractivity contribution in [3.63, 3.8) is 0 Å². The van der Waals surface area contributed by atoms with Crippen LogP contribution in [0.2, 0.25) is 10.0 Å². The summed E-state index contributed by atoms with van der Waals surface area (Å²) in [7, 11) is -3.23. The predicted octanol–water partition coefficient (Wildman–Crippen LogP) is 7.08. The van der Waals surface area contributed by atoms with Crippen LogP contribution >= 0.6 is 23.2 Å². The summed E-state index contributed by atoms with van der Waals surface area (Å²) in [5.41, 5.74) is 0.255. The lowest BCUT2D eigenvalue weighted by Gasteiger charge is -2.13. The quantitative estimate of drug-likeness (QED) is 0.170. The Morgan fingerprint density at radius 3 is 2.46 bits per heavy atom. The molecule has 0 bridgehead atoms. The van der Waals surface area contributed by atoms with Crippen molar-refractivity contribution < 1.29 is 27.6 Å². The number of nitrogens with zero attached hydrogens (tertiary/aromatic N) is 2. The molecule has 0 aromatic heterocycles. The molecule has 190 valence electrons. The number of methoxy groups -OCH3 is 1. The minimum absolute atomic E-state index is 0.0932. The predicted molar refractivity (Wildman–Crippen MR) is 142 cm³/mol. The number of carbonyl (C=O) groups is 1. The van der Waals surface area contributed by atoms with Crippen molar-refractivity contribution in [3.05, 3.63) is 81.8 Å². The first kappa shape index (κ1) is 26.4. The molecule has 0 radical (unpaired) electrons. The zero-order valence-corrected chi connectivity index (χ0v) is 21.7. The fourth-order valence-corrected chi connectivity index (χ4v) is 4.59. The van der Waals surface area contributed by atoms with Crippen molar-refractivity contribution in [2.24, 2.45) is 10.2 Å². The highest BCUT2D eigenvalue weighted by atomic mass is 35.5. The number of azo groups is 1. The largest absolute Gasteiger partial charge is 0.505 e. The van der Waals surface area contributed by atoms with Gasteiger partial charge in [-0.2, -0.15) is 8.42 Å². The molecule has 37 heavy (non-hydrogen) atoms. The number of benzene rings is 4. The number of amides is 1. The molecule has 9 nitrogen and oxygen atoms in total. The molecule has 12 heteroatoms. The summed E-state index contributed by atoms with van der Waals surface area (Å²) in [4.78, 5) is 12.7. The maximum atomic E-state index is 13.2. The molecular weight excluding hydrogens is 541 g/mol. The maximum absolute atomic E-state index is 13.2. The Morgan fingerprint density at radius 1 is 1.03 bits per heavy atom. The molecule has 0 spiro atoms. The number of aromatic hydroxyl groups is 1. The normalized spacial score (nSPS) is 11.7. The zero-order chi connectivity index (χ0) is 26.9. The highest BCUT2D eigenvalue weighted by Crippen LogP contribution is 2.41. The van der Waals surface area contributed by atoms with Gasteiger partial charge < -0.3 is 15.2 Å². The van der Waals surface area contributed by atoms with Crippen molar-refractivity contribution in [2.45, 2.75) is 11.8 Å². The molecule has 0 aliphatic carbocycles. The van der Waals surface area contributed by atoms with Crippen molar-refractivity contribution in [2.75, 3.05) is 12.4 Å². The average Bonchev–Trinajstić information content (AvgIpc) is 2.85. The molecule has 0 saturated heterocycles.